The third kappa shape index (κ3) is 1.78. The largest absolute Gasteiger partial charge is 0.288 e. The maximum absolute atomic E-state index is 9.21. The maximum atomic E-state index is 9.21. The Hall–Kier alpha value is -1.52. The van der Waals surface area contributed by atoms with Gasteiger partial charge in [0, 0.05) is 5.39 Å². The standard InChI is InChI=1S/C10H6IN6P/c11-18-17-10-2-8(16-5-13-14-6-16)1-7(3-12)9(10)4-15-17/h1-2,4-6,18H. The van der Waals surface area contributed by atoms with Crippen LogP contribution in [0.25, 0.3) is 16.6 Å². The zero-order valence-corrected chi connectivity index (χ0v) is 12.1. The predicted molar refractivity (Wildman–Crippen MR) is 77.1 cm³/mol. The monoisotopic (exact) mass is 368 g/mol. The molecule has 3 rings (SSSR count). The third-order valence-corrected chi connectivity index (χ3v) is 4.48. The number of benzene rings is 1. The molecule has 0 radical (unpaired) electrons. The van der Waals surface area contributed by atoms with Crippen LogP contribution in [-0.4, -0.2) is 24.3 Å². The highest BCUT2D eigenvalue weighted by Crippen LogP contribution is 2.31. The summed E-state index contributed by atoms with van der Waals surface area (Å²) in [6.07, 6.45) is 5.44. The van der Waals surface area contributed by atoms with Gasteiger partial charge in [0.15, 0.2) is 0 Å². The highest BCUT2D eigenvalue weighted by atomic mass is 127. The highest BCUT2D eigenvalue weighted by molar-refractivity contribution is 14.2. The average molecular weight is 368 g/mol. The van der Waals surface area contributed by atoms with Crippen molar-refractivity contribution in [2.75, 3.05) is 0 Å². The summed E-state index contributed by atoms with van der Waals surface area (Å²) in [5.74, 6) is 0. The second kappa shape index (κ2) is 4.63. The first-order valence-corrected chi connectivity index (χ1v) is 9.03. The van der Waals surface area contributed by atoms with E-state index >= 15 is 0 Å². The van der Waals surface area contributed by atoms with Gasteiger partial charge < -0.3 is 0 Å². The summed E-state index contributed by atoms with van der Waals surface area (Å²) in [6, 6.07) is 6.00. The topological polar surface area (TPSA) is 72.3 Å². The predicted octanol–water partition coefficient (Wildman–Crippen LogP) is 2.28. The number of hydrogen-bond donors (Lipinski definition) is 0. The van der Waals surface area contributed by atoms with Gasteiger partial charge in [-0.1, -0.05) is 0 Å². The van der Waals surface area contributed by atoms with Gasteiger partial charge in [-0.2, -0.15) is 10.4 Å². The Balaban J connectivity index is 2.33. The molecular weight excluding hydrogens is 362 g/mol. The van der Waals surface area contributed by atoms with Crippen LogP contribution in [0.4, 0.5) is 0 Å². The summed E-state index contributed by atoms with van der Waals surface area (Å²) in [5, 5.41) is 21.9. The van der Waals surface area contributed by atoms with E-state index in [9.17, 15) is 5.26 Å². The van der Waals surface area contributed by atoms with Crippen molar-refractivity contribution in [1.82, 2.24) is 24.3 Å². The van der Waals surface area contributed by atoms with E-state index in [1.807, 2.05) is 16.6 Å². The summed E-state index contributed by atoms with van der Waals surface area (Å²) in [5.41, 5.74) is 2.42. The molecule has 0 saturated carbocycles. The zero-order chi connectivity index (χ0) is 12.5. The summed E-state index contributed by atoms with van der Waals surface area (Å²) in [4.78, 5) is 0. The molecule has 0 amide bonds. The molecule has 0 saturated heterocycles. The fourth-order valence-corrected chi connectivity index (χ4v) is 3.29. The van der Waals surface area contributed by atoms with Gasteiger partial charge in [0.1, 0.15) is 12.7 Å². The smallest absolute Gasteiger partial charge is 0.123 e. The van der Waals surface area contributed by atoms with Gasteiger partial charge in [-0.25, -0.2) is 4.45 Å². The Kier molecular flexibility index (Phi) is 2.97. The molecule has 0 aliphatic rings. The van der Waals surface area contributed by atoms with Gasteiger partial charge in [-0.3, -0.25) is 4.57 Å². The number of nitrogens with zero attached hydrogens (tertiary/aromatic N) is 6. The quantitative estimate of drug-likeness (QED) is 0.514. The van der Waals surface area contributed by atoms with Gasteiger partial charge in [-0.05, 0) is 34.2 Å². The molecule has 1 atom stereocenters. The normalized spacial score (nSPS) is 11.3. The first kappa shape index (κ1) is 11.6. The molecule has 0 N–H and O–H groups in total. The number of nitriles is 1. The molecular formula is C10H6IN6P. The summed E-state index contributed by atoms with van der Waals surface area (Å²) in [6.45, 7) is 0. The van der Waals surface area contributed by atoms with Crippen LogP contribution in [0.5, 0.6) is 0 Å². The van der Waals surface area contributed by atoms with Gasteiger partial charge in [0.05, 0.1) is 35.4 Å². The molecule has 1 aromatic carbocycles. The fraction of sp³-hybridized carbons (Fsp3) is 0. The maximum Gasteiger partial charge on any atom is 0.123 e. The van der Waals surface area contributed by atoms with Crippen LogP contribution < -0.4 is 0 Å². The van der Waals surface area contributed by atoms with Crippen LogP contribution in [-0.2, 0) is 0 Å². The van der Waals surface area contributed by atoms with Gasteiger partial charge in [0.25, 0.3) is 0 Å². The van der Waals surface area contributed by atoms with Crippen LogP contribution >= 0.6 is 28.4 Å². The average Bonchev–Trinajstić information content (AvgIpc) is 3.06. The van der Waals surface area contributed by atoms with E-state index in [-0.39, 0.29) is 0 Å². The van der Waals surface area contributed by atoms with Crippen molar-refractivity contribution in [3.8, 4) is 11.8 Å². The van der Waals surface area contributed by atoms with E-state index in [1.165, 1.54) is 0 Å². The lowest BCUT2D eigenvalue weighted by Gasteiger charge is -2.04. The van der Waals surface area contributed by atoms with E-state index in [2.05, 4.69) is 43.4 Å². The minimum atomic E-state index is 0.493. The molecule has 0 aliphatic heterocycles. The molecule has 0 fully saturated rings. The Labute approximate surface area is 117 Å². The van der Waals surface area contributed by atoms with Gasteiger partial charge >= 0.3 is 0 Å². The molecule has 0 bridgehead atoms. The van der Waals surface area contributed by atoms with Crippen molar-refractivity contribution in [3.63, 3.8) is 0 Å². The van der Waals surface area contributed by atoms with Gasteiger partial charge in [0.2, 0.25) is 0 Å². The molecule has 6 nitrogen and oxygen atoms in total. The second-order valence-electron chi connectivity index (χ2n) is 3.55. The minimum absolute atomic E-state index is 0.493. The minimum Gasteiger partial charge on any atom is -0.288 e. The lowest BCUT2D eigenvalue weighted by Crippen LogP contribution is -1.93. The van der Waals surface area contributed by atoms with Crippen LogP contribution in [0.3, 0.4) is 0 Å². The Morgan fingerprint density at radius 3 is 2.72 bits per heavy atom. The number of halogens is 1. The summed E-state index contributed by atoms with van der Waals surface area (Å²) in [7, 11) is 0. The summed E-state index contributed by atoms with van der Waals surface area (Å²) < 4.78 is 3.65. The molecule has 88 valence electrons. The first-order chi connectivity index (χ1) is 8.83. The van der Waals surface area contributed by atoms with Crippen LogP contribution in [0, 0.1) is 11.3 Å². The van der Waals surface area contributed by atoms with Crippen molar-refractivity contribution < 1.29 is 0 Å². The highest BCUT2D eigenvalue weighted by Gasteiger charge is 2.10. The van der Waals surface area contributed by atoms with Crippen molar-refractivity contribution in [3.05, 3.63) is 36.5 Å². The Morgan fingerprint density at radius 2 is 2.06 bits per heavy atom. The lowest BCUT2D eigenvalue weighted by atomic mass is 10.1. The molecule has 8 heteroatoms. The molecule has 0 spiro atoms. The second-order valence-corrected chi connectivity index (χ2v) is 5.59. The Bertz CT molecular complexity index is 742. The number of hydrogen-bond acceptors (Lipinski definition) is 4. The number of fused-ring (bicyclic) bond motifs is 1. The van der Waals surface area contributed by atoms with Crippen LogP contribution in [0.1, 0.15) is 5.56 Å². The van der Waals surface area contributed by atoms with E-state index in [0.717, 1.165) is 16.6 Å². The SMILES string of the molecule is N#Cc1cc(-n2cnnc2)cc2c1cnn2PI. The van der Waals surface area contributed by atoms with Crippen molar-refractivity contribution in [1.29, 1.82) is 5.26 Å². The van der Waals surface area contributed by atoms with Crippen molar-refractivity contribution in [2.24, 2.45) is 0 Å². The van der Waals surface area contributed by atoms with E-state index in [1.54, 1.807) is 23.4 Å². The molecule has 2 aromatic heterocycles. The van der Waals surface area contributed by atoms with E-state index in [0.29, 0.717) is 11.9 Å². The lowest BCUT2D eigenvalue weighted by molar-refractivity contribution is 1.03. The molecule has 1 unspecified atom stereocenters. The molecule has 2 heterocycles. The fourth-order valence-electron chi connectivity index (χ4n) is 1.75. The number of aromatic nitrogens is 5. The Morgan fingerprint density at radius 1 is 1.28 bits per heavy atom. The summed E-state index contributed by atoms with van der Waals surface area (Å²) >= 11 is 2.26. The molecule has 18 heavy (non-hydrogen) atoms. The molecule has 3 aromatic rings. The van der Waals surface area contributed by atoms with Crippen LogP contribution in [0.15, 0.2) is 31.0 Å². The zero-order valence-electron chi connectivity index (χ0n) is 8.95. The number of rotatable bonds is 2. The van der Waals surface area contributed by atoms with Crippen molar-refractivity contribution in [2.45, 2.75) is 0 Å². The third-order valence-electron chi connectivity index (χ3n) is 2.59. The van der Waals surface area contributed by atoms with Crippen LogP contribution in [0.2, 0.25) is 0 Å². The van der Waals surface area contributed by atoms with E-state index in [4.69, 9.17) is 0 Å². The first-order valence-electron chi connectivity index (χ1n) is 4.97. The van der Waals surface area contributed by atoms with E-state index < -0.39 is 0 Å². The molecule has 0 aliphatic carbocycles. The van der Waals surface area contributed by atoms with Crippen molar-refractivity contribution >= 4 is 39.3 Å². The van der Waals surface area contributed by atoms with Gasteiger partial charge in [-0.15, -0.1) is 10.2 Å².